The van der Waals surface area contributed by atoms with Crippen LogP contribution in [0.3, 0.4) is 0 Å². The van der Waals surface area contributed by atoms with Gasteiger partial charge in [-0.2, -0.15) is 0 Å². The molecule has 0 unspecified atom stereocenters. The van der Waals surface area contributed by atoms with Crippen LogP contribution in [0.1, 0.15) is 108 Å². The zero-order chi connectivity index (χ0) is 26.8. The Labute approximate surface area is 229 Å². The van der Waals surface area contributed by atoms with Crippen molar-refractivity contribution in [3.05, 3.63) is 71.3 Å². The number of ketones is 1. The summed E-state index contributed by atoms with van der Waals surface area (Å²) in [5.74, 6) is 0.130. The second kappa shape index (κ2) is 17.4. The first-order chi connectivity index (χ1) is 18.7. The van der Waals surface area contributed by atoms with Crippen LogP contribution in [-0.2, 0) is 9.59 Å². The SMILES string of the molecule is CCCCCCCCCCCCCCCC(=O)N1C/C(=C\c2ccncc2)C(=O)/C(=C/c2ccncc2)C1. The fourth-order valence-corrected chi connectivity index (χ4v) is 4.99. The number of piperidine rings is 1. The molecule has 0 atom stereocenters. The van der Waals surface area contributed by atoms with Gasteiger partial charge in [-0.05, 0) is 54.0 Å². The molecule has 0 saturated carbocycles. The summed E-state index contributed by atoms with van der Waals surface area (Å²) in [6.45, 7) is 2.97. The Kier molecular flexibility index (Phi) is 13.5. The smallest absolute Gasteiger partial charge is 0.223 e. The fraction of sp³-hybridized carbons (Fsp3) is 0.515. The number of likely N-dealkylation sites (tertiary alicyclic amines) is 1. The number of pyridine rings is 2. The highest BCUT2D eigenvalue weighted by atomic mass is 16.2. The first kappa shape index (κ1) is 29.5. The molecule has 0 bridgehead atoms. The van der Waals surface area contributed by atoms with Crippen molar-refractivity contribution in [2.75, 3.05) is 13.1 Å². The topological polar surface area (TPSA) is 63.2 Å². The summed E-state index contributed by atoms with van der Waals surface area (Å²) in [5.41, 5.74) is 3.11. The third-order valence-corrected chi connectivity index (χ3v) is 7.25. The van der Waals surface area contributed by atoms with Gasteiger partial charge in [-0.15, -0.1) is 0 Å². The molecule has 1 aliphatic rings. The molecule has 1 amide bonds. The first-order valence-corrected chi connectivity index (χ1v) is 14.7. The van der Waals surface area contributed by atoms with Gasteiger partial charge in [-0.1, -0.05) is 84.0 Å². The van der Waals surface area contributed by atoms with Gasteiger partial charge in [-0.25, -0.2) is 0 Å². The second-order valence-corrected chi connectivity index (χ2v) is 10.5. The van der Waals surface area contributed by atoms with E-state index >= 15 is 0 Å². The molecule has 1 saturated heterocycles. The number of hydrogen-bond donors (Lipinski definition) is 0. The summed E-state index contributed by atoms with van der Waals surface area (Å²) in [5, 5.41) is 0. The van der Waals surface area contributed by atoms with Crippen LogP contribution in [0.5, 0.6) is 0 Å². The molecule has 5 heteroatoms. The maximum atomic E-state index is 13.3. The van der Waals surface area contributed by atoms with E-state index < -0.39 is 0 Å². The number of Topliss-reactive ketones (excluding diaryl/α,β-unsaturated/α-hetero) is 1. The van der Waals surface area contributed by atoms with Gasteiger partial charge in [0.05, 0.1) is 0 Å². The predicted molar refractivity (Wildman–Crippen MR) is 156 cm³/mol. The number of aromatic nitrogens is 2. The molecule has 0 spiro atoms. The Bertz CT molecular complexity index is 969. The Morgan fingerprint density at radius 2 is 1.08 bits per heavy atom. The lowest BCUT2D eigenvalue weighted by molar-refractivity contribution is -0.131. The molecule has 38 heavy (non-hydrogen) atoms. The number of nitrogens with zero attached hydrogens (tertiary/aromatic N) is 3. The van der Waals surface area contributed by atoms with E-state index in [0.717, 1.165) is 24.0 Å². The van der Waals surface area contributed by atoms with Gasteiger partial charge in [0.2, 0.25) is 5.91 Å². The van der Waals surface area contributed by atoms with E-state index in [1.54, 1.807) is 24.8 Å². The van der Waals surface area contributed by atoms with Crippen molar-refractivity contribution in [3.8, 4) is 0 Å². The van der Waals surface area contributed by atoms with Crippen LogP contribution in [0, 0.1) is 0 Å². The zero-order valence-corrected chi connectivity index (χ0v) is 23.2. The molecule has 0 radical (unpaired) electrons. The molecule has 1 fully saturated rings. The molecule has 3 rings (SSSR count). The van der Waals surface area contributed by atoms with Crippen molar-refractivity contribution in [2.24, 2.45) is 0 Å². The van der Waals surface area contributed by atoms with Crippen molar-refractivity contribution >= 4 is 23.8 Å². The lowest BCUT2D eigenvalue weighted by Crippen LogP contribution is -2.41. The molecule has 5 nitrogen and oxygen atoms in total. The maximum absolute atomic E-state index is 13.3. The normalized spacial score (nSPS) is 15.9. The minimum absolute atomic E-state index is 0.00336. The van der Waals surface area contributed by atoms with Crippen molar-refractivity contribution in [1.29, 1.82) is 0 Å². The van der Waals surface area contributed by atoms with Gasteiger partial charge >= 0.3 is 0 Å². The van der Waals surface area contributed by atoms with Crippen LogP contribution < -0.4 is 0 Å². The molecule has 1 aliphatic heterocycles. The zero-order valence-electron chi connectivity index (χ0n) is 23.2. The molecule has 204 valence electrons. The molecule has 3 heterocycles. The van der Waals surface area contributed by atoms with Crippen LogP contribution in [-0.4, -0.2) is 39.6 Å². The first-order valence-electron chi connectivity index (χ1n) is 14.7. The van der Waals surface area contributed by atoms with Crippen LogP contribution in [0.15, 0.2) is 60.2 Å². The number of carbonyl (C=O) groups excluding carboxylic acids is 2. The lowest BCUT2D eigenvalue weighted by Gasteiger charge is -2.30. The predicted octanol–water partition coefficient (Wildman–Crippen LogP) is 7.84. The summed E-state index contributed by atoms with van der Waals surface area (Å²) >= 11 is 0. The van der Waals surface area contributed by atoms with Gasteiger partial charge in [0, 0.05) is 55.4 Å². The molecule has 2 aromatic rings. The van der Waals surface area contributed by atoms with Crippen molar-refractivity contribution in [1.82, 2.24) is 14.9 Å². The van der Waals surface area contributed by atoms with E-state index in [0.29, 0.717) is 30.7 Å². The largest absolute Gasteiger partial charge is 0.334 e. The number of unbranched alkanes of at least 4 members (excludes halogenated alkanes) is 12. The Morgan fingerprint density at radius 1 is 0.684 bits per heavy atom. The monoisotopic (exact) mass is 515 g/mol. The average molecular weight is 516 g/mol. The molecule has 0 aliphatic carbocycles. The number of rotatable bonds is 16. The molecule has 0 N–H and O–H groups in total. The number of carbonyl (C=O) groups is 2. The Morgan fingerprint density at radius 3 is 1.50 bits per heavy atom. The molecule has 2 aromatic heterocycles. The van der Waals surface area contributed by atoms with Crippen molar-refractivity contribution < 1.29 is 9.59 Å². The summed E-state index contributed by atoms with van der Waals surface area (Å²) in [6.07, 6.45) is 27.9. The standard InChI is InChI=1S/C33H45N3O2/c1-2-3-4-5-6-7-8-9-10-11-12-13-14-15-32(37)36-26-30(24-28-16-20-34-21-17-28)33(38)31(27-36)25-29-18-22-35-23-19-29/h16-25H,2-15,26-27H2,1H3/b30-24+,31-25+. The number of amides is 1. The van der Waals surface area contributed by atoms with Crippen LogP contribution in [0.2, 0.25) is 0 Å². The third-order valence-electron chi connectivity index (χ3n) is 7.25. The van der Waals surface area contributed by atoms with Gasteiger partial charge in [0.1, 0.15) is 0 Å². The van der Waals surface area contributed by atoms with Gasteiger partial charge < -0.3 is 4.90 Å². The Balaban J connectivity index is 1.45. The summed E-state index contributed by atoms with van der Waals surface area (Å²) in [7, 11) is 0. The van der Waals surface area contributed by atoms with Gasteiger partial charge in [0.15, 0.2) is 5.78 Å². The van der Waals surface area contributed by atoms with E-state index in [1.165, 1.54) is 70.6 Å². The van der Waals surface area contributed by atoms with Crippen LogP contribution in [0.25, 0.3) is 12.2 Å². The summed E-state index contributed by atoms with van der Waals surface area (Å²) in [6, 6.07) is 7.50. The van der Waals surface area contributed by atoms with Gasteiger partial charge in [0.25, 0.3) is 0 Å². The van der Waals surface area contributed by atoms with Crippen LogP contribution >= 0.6 is 0 Å². The minimum Gasteiger partial charge on any atom is -0.334 e. The highest BCUT2D eigenvalue weighted by Crippen LogP contribution is 2.23. The van der Waals surface area contributed by atoms with E-state index in [2.05, 4.69) is 16.9 Å². The maximum Gasteiger partial charge on any atom is 0.223 e. The highest BCUT2D eigenvalue weighted by Gasteiger charge is 2.28. The van der Waals surface area contributed by atoms with Crippen molar-refractivity contribution in [3.63, 3.8) is 0 Å². The summed E-state index contributed by atoms with van der Waals surface area (Å²) < 4.78 is 0. The quantitative estimate of drug-likeness (QED) is 0.169. The summed E-state index contributed by atoms with van der Waals surface area (Å²) in [4.78, 5) is 36.4. The van der Waals surface area contributed by atoms with Gasteiger partial charge in [-0.3, -0.25) is 19.6 Å². The fourth-order valence-electron chi connectivity index (χ4n) is 4.99. The average Bonchev–Trinajstić information content (AvgIpc) is 2.94. The van der Waals surface area contributed by atoms with E-state index in [9.17, 15) is 9.59 Å². The highest BCUT2D eigenvalue weighted by molar-refractivity contribution is 6.15. The molecular weight excluding hydrogens is 470 g/mol. The second-order valence-electron chi connectivity index (χ2n) is 10.5. The third kappa shape index (κ3) is 10.7. The van der Waals surface area contributed by atoms with E-state index in [-0.39, 0.29) is 11.7 Å². The van der Waals surface area contributed by atoms with Crippen LogP contribution in [0.4, 0.5) is 0 Å². The van der Waals surface area contributed by atoms with Crippen molar-refractivity contribution in [2.45, 2.75) is 96.8 Å². The lowest BCUT2D eigenvalue weighted by atomic mass is 9.94. The molecule has 0 aromatic carbocycles. The molecular formula is C33H45N3O2. The van der Waals surface area contributed by atoms with E-state index in [4.69, 9.17) is 0 Å². The van der Waals surface area contributed by atoms with E-state index in [1.807, 2.05) is 41.3 Å². The Hall–Kier alpha value is -3.08. The minimum atomic E-state index is 0.00336. The number of hydrogen-bond acceptors (Lipinski definition) is 4.